The summed E-state index contributed by atoms with van der Waals surface area (Å²) in [4.78, 5) is 31.3. The van der Waals surface area contributed by atoms with Crippen LogP contribution in [-0.2, 0) is 9.59 Å². The van der Waals surface area contributed by atoms with Crippen LogP contribution in [0.5, 0.6) is 0 Å². The first kappa shape index (κ1) is 20.4. The van der Waals surface area contributed by atoms with Gasteiger partial charge in [0.05, 0.1) is 5.69 Å². The molecule has 156 valence electrons. The molecule has 2 amide bonds. The van der Waals surface area contributed by atoms with Crippen molar-refractivity contribution in [1.82, 2.24) is 14.5 Å². The smallest absolute Gasteiger partial charge is 0.271 e. The fraction of sp³-hybridized carbons (Fsp3) is 0.250. The number of carbonyl (C=O) groups excluding carboxylic acids is 2. The Morgan fingerprint density at radius 2 is 1.90 bits per heavy atom. The molecular formula is C24H22N4O3. The van der Waals surface area contributed by atoms with Gasteiger partial charge in [-0.2, -0.15) is 10.2 Å². The number of fused-ring (bicyclic) bond motifs is 1. The van der Waals surface area contributed by atoms with Gasteiger partial charge in [0, 0.05) is 29.8 Å². The second-order valence-electron chi connectivity index (χ2n) is 7.66. The third kappa shape index (κ3) is 3.26. The summed E-state index contributed by atoms with van der Waals surface area (Å²) in [6.45, 7) is 7.54. The number of aromatic nitrogens is 2. The molecule has 1 aliphatic heterocycles. The Kier molecular flexibility index (Phi) is 5.07. The molecule has 1 aliphatic rings. The quantitative estimate of drug-likeness (QED) is 0.467. The number of para-hydroxylation sites is 1. The molecule has 0 fully saturated rings. The highest BCUT2D eigenvalue weighted by Crippen LogP contribution is 2.32. The van der Waals surface area contributed by atoms with E-state index in [0.29, 0.717) is 34.0 Å². The zero-order chi connectivity index (χ0) is 22.3. The Bertz CT molecular complexity index is 1300. The molecule has 0 N–H and O–H groups in total. The molecular weight excluding hydrogens is 392 g/mol. The molecule has 4 rings (SSSR count). The highest BCUT2D eigenvalue weighted by Gasteiger charge is 2.34. The molecule has 31 heavy (non-hydrogen) atoms. The molecule has 0 spiro atoms. The van der Waals surface area contributed by atoms with Crippen LogP contribution in [0.1, 0.15) is 45.2 Å². The van der Waals surface area contributed by atoms with Gasteiger partial charge in [0.15, 0.2) is 17.1 Å². The Labute approximate surface area is 179 Å². The SMILES string of the molecule is CCN1C(=O)C(C#N)=C(C)/C(=C/c2cc3oc(C(C)C)nc3n2-c2ccccc2)C1=O. The Balaban J connectivity index is 1.98. The first-order valence-corrected chi connectivity index (χ1v) is 10.1. The second kappa shape index (κ2) is 7.73. The maximum absolute atomic E-state index is 13.0. The van der Waals surface area contributed by atoms with E-state index in [4.69, 9.17) is 4.42 Å². The van der Waals surface area contributed by atoms with Gasteiger partial charge in [-0.1, -0.05) is 32.0 Å². The van der Waals surface area contributed by atoms with E-state index in [1.807, 2.05) is 60.9 Å². The number of carbonyl (C=O) groups is 2. The molecule has 0 atom stereocenters. The van der Waals surface area contributed by atoms with Gasteiger partial charge in [-0.3, -0.25) is 19.1 Å². The van der Waals surface area contributed by atoms with Crippen molar-refractivity contribution in [3.8, 4) is 11.8 Å². The summed E-state index contributed by atoms with van der Waals surface area (Å²) in [7, 11) is 0. The number of nitriles is 1. The van der Waals surface area contributed by atoms with Crippen molar-refractivity contribution in [3.63, 3.8) is 0 Å². The zero-order valence-corrected chi connectivity index (χ0v) is 17.8. The fourth-order valence-corrected chi connectivity index (χ4v) is 3.68. The lowest BCUT2D eigenvalue weighted by Gasteiger charge is -2.26. The summed E-state index contributed by atoms with van der Waals surface area (Å²) >= 11 is 0. The average Bonchev–Trinajstić information content (AvgIpc) is 3.30. The van der Waals surface area contributed by atoms with Gasteiger partial charge in [0.1, 0.15) is 11.6 Å². The van der Waals surface area contributed by atoms with Crippen molar-refractivity contribution < 1.29 is 14.0 Å². The topological polar surface area (TPSA) is 92.1 Å². The Morgan fingerprint density at radius 3 is 2.52 bits per heavy atom. The van der Waals surface area contributed by atoms with E-state index >= 15 is 0 Å². The van der Waals surface area contributed by atoms with E-state index in [1.54, 1.807) is 19.9 Å². The lowest BCUT2D eigenvalue weighted by Crippen LogP contribution is -2.42. The molecule has 2 aromatic heterocycles. The van der Waals surface area contributed by atoms with E-state index in [-0.39, 0.29) is 18.0 Å². The predicted octanol–water partition coefficient (Wildman–Crippen LogP) is 4.35. The lowest BCUT2D eigenvalue weighted by molar-refractivity contribution is -0.140. The minimum Gasteiger partial charge on any atom is -0.439 e. The van der Waals surface area contributed by atoms with Gasteiger partial charge in [-0.25, -0.2) is 0 Å². The van der Waals surface area contributed by atoms with Gasteiger partial charge >= 0.3 is 0 Å². The molecule has 0 unspecified atom stereocenters. The van der Waals surface area contributed by atoms with E-state index in [0.717, 1.165) is 10.6 Å². The number of amides is 2. The number of oxazole rings is 1. The standard InChI is InChI=1S/C24H22N4O3/c1-5-27-23(29)18(15(4)19(13-25)24(27)30)11-17-12-20-21(26-22(31-20)14(2)3)28(17)16-9-7-6-8-10-16/h6-12,14H,5H2,1-4H3/b18-11-. The van der Waals surface area contributed by atoms with Gasteiger partial charge in [0.2, 0.25) is 0 Å². The van der Waals surface area contributed by atoms with Crippen LogP contribution in [0.4, 0.5) is 0 Å². The highest BCUT2D eigenvalue weighted by molar-refractivity contribution is 6.19. The number of likely N-dealkylation sites (N-methyl/N-ethyl adjacent to an activating group) is 1. The van der Waals surface area contributed by atoms with Crippen LogP contribution >= 0.6 is 0 Å². The Morgan fingerprint density at radius 1 is 1.19 bits per heavy atom. The average molecular weight is 414 g/mol. The van der Waals surface area contributed by atoms with E-state index in [1.165, 1.54) is 0 Å². The van der Waals surface area contributed by atoms with Gasteiger partial charge in [-0.05, 0) is 37.6 Å². The molecule has 0 radical (unpaired) electrons. The van der Waals surface area contributed by atoms with Crippen LogP contribution < -0.4 is 0 Å². The van der Waals surface area contributed by atoms with E-state index in [2.05, 4.69) is 4.98 Å². The minimum atomic E-state index is -0.555. The van der Waals surface area contributed by atoms with Crippen LogP contribution in [0.25, 0.3) is 23.0 Å². The zero-order valence-electron chi connectivity index (χ0n) is 17.8. The fourth-order valence-electron chi connectivity index (χ4n) is 3.68. The summed E-state index contributed by atoms with van der Waals surface area (Å²) in [6, 6.07) is 13.4. The molecule has 0 saturated heterocycles. The molecule has 0 saturated carbocycles. The van der Waals surface area contributed by atoms with Gasteiger partial charge < -0.3 is 4.42 Å². The largest absolute Gasteiger partial charge is 0.439 e. The van der Waals surface area contributed by atoms with Crippen molar-refractivity contribution in [1.29, 1.82) is 5.26 Å². The summed E-state index contributed by atoms with van der Waals surface area (Å²) in [6.07, 6.45) is 1.70. The summed E-state index contributed by atoms with van der Waals surface area (Å²) < 4.78 is 7.86. The number of imide groups is 1. The number of rotatable bonds is 4. The summed E-state index contributed by atoms with van der Waals surface area (Å²) in [5.41, 5.74) is 3.45. The number of nitrogens with zero attached hydrogens (tertiary/aromatic N) is 4. The van der Waals surface area contributed by atoms with Crippen molar-refractivity contribution in [2.45, 2.75) is 33.6 Å². The first-order valence-electron chi connectivity index (χ1n) is 10.1. The summed E-state index contributed by atoms with van der Waals surface area (Å²) in [5, 5.41) is 9.49. The van der Waals surface area contributed by atoms with Crippen LogP contribution in [0.2, 0.25) is 0 Å². The van der Waals surface area contributed by atoms with Crippen LogP contribution in [-0.4, -0.2) is 32.8 Å². The van der Waals surface area contributed by atoms with Crippen molar-refractivity contribution in [3.05, 3.63) is 64.7 Å². The third-order valence-electron chi connectivity index (χ3n) is 5.34. The number of benzene rings is 1. The Hall–Kier alpha value is -3.92. The molecule has 0 bridgehead atoms. The lowest BCUT2D eigenvalue weighted by atomic mass is 9.94. The number of hydrogen-bond acceptors (Lipinski definition) is 5. The van der Waals surface area contributed by atoms with Crippen LogP contribution in [0.3, 0.4) is 0 Å². The minimum absolute atomic E-state index is 0.0191. The molecule has 3 heterocycles. The molecule has 7 nitrogen and oxygen atoms in total. The maximum Gasteiger partial charge on any atom is 0.271 e. The second-order valence-corrected chi connectivity index (χ2v) is 7.66. The van der Waals surface area contributed by atoms with Crippen LogP contribution in [0, 0.1) is 11.3 Å². The predicted molar refractivity (Wildman–Crippen MR) is 116 cm³/mol. The molecule has 3 aromatic rings. The van der Waals surface area contributed by atoms with E-state index < -0.39 is 11.8 Å². The summed E-state index contributed by atoms with van der Waals surface area (Å²) in [5.74, 6) is -0.212. The van der Waals surface area contributed by atoms with Crippen LogP contribution in [0.15, 0.2) is 57.5 Å². The molecule has 0 aliphatic carbocycles. The highest BCUT2D eigenvalue weighted by atomic mass is 16.3. The first-order chi connectivity index (χ1) is 14.9. The molecule has 1 aromatic carbocycles. The monoisotopic (exact) mass is 414 g/mol. The number of hydrogen-bond donors (Lipinski definition) is 0. The normalized spacial score (nSPS) is 16.1. The van der Waals surface area contributed by atoms with Crippen molar-refractivity contribution in [2.75, 3.05) is 6.54 Å². The maximum atomic E-state index is 13.0. The van der Waals surface area contributed by atoms with Gasteiger partial charge in [-0.15, -0.1) is 0 Å². The molecule has 7 heteroatoms. The van der Waals surface area contributed by atoms with Crippen molar-refractivity contribution in [2.24, 2.45) is 0 Å². The van der Waals surface area contributed by atoms with Gasteiger partial charge in [0.25, 0.3) is 11.8 Å². The van der Waals surface area contributed by atoms with Crippen molar-refractivity contribution >= 4 is 29.1 Å². The third-order valence-corrected chi connectivity index (χ3v) is 5.34. The van der Waals surface area contributed by atoms with E-state index in [9.17, 15) is 14.9 Å².